The molecule has 0 unspecified atom stereocenters. The monoisotopic (exact) mass is 317 g/mol. The minimum Gasteiger partial charge on any atom is -0.379 e. The molecular weight excluding hydrogens is 305 g/mol. The molecule has 0 aliphatic carbocycles. The Labute approximate surface area is 133 Å². The Balaban J connectivity index is 1.83. The van der Waals surface area contributed by atoms with E-state index in [0.29, 0.717) is 16.6 Å². The van der Waals surface area contributed by atoms with Gasteiger partial charge in [-0.15, -0.1) is 0 Å². The fourth-order valence-corrected chi connectivity index (χ4v) is 2.57. The maximum absolute atomic E-state index is 6.19. The zero-order valence-electron chi connectivity index (χ0n) is 11.1. The summed E-state index contributed by atoms with van der Waals surface area (Å²) < 4.78 is 1.83. The molecule has 1 N–H and O–H groups in total. The molecule has 3 nitrogen and oxygen atoms in total. The maximum Gasteiger partial charge on any atom is 0.0876 e. The van der Waals surface area contributed by atoms with Crippen LogP contribution in [0.1, 0.15) is 5.56 Å². The largest absolute Gasteiger partial charge is 0.379 e. The van der Waals surface area contributed by atoms with Crippen molar-refractivity contribution in [2.75, 3.05) is 5.32 Å². The Morgan fingerprint density at radius 2 is 1.90 bits per heavy atom. The molecular formula is C16H13Cl2N3. The number of hydrogen-bond donors (Lipinski definition) is 1. The lowest BCUT2D eigenvalue weighted by molar-refractivity contribution is 0.879. The molecule has 0 bridgehead atoms. The molecule has 3 rings (SSSR count). The van der Waals surface area contributed by atoms with E-state index in [4.69, 9.17) is 23.2 Å². The van der Waals surface area contributed by atoms with Gasteiger partial charge in [-0.2, -0.15) is 5.10 Å². The molecule has 0 radical (unpaired) electrons. The van der Waals surface area contributed by atoms with Gasteiger partial charge in [-0.25, -0.2) is 4.68 Å². The molecule has 0 aliphatic rings. The van der Waals surface area contributed by atoms with E-state index in [9.17, 15) is 0 Å². The zero-order valence-corrected chi connectivity index (χ0v) is 12.6. The van der Waals surface area contributed by atoms with Crippen LogP contribution in [0.3, 0.4) is 0 Å². The fourth-order valence-electron chi connectivity index (χ4n) is 2.09. The highest BCUT2D eigenvalue weighted by molar-refractivity contribution is 6.35. The van der Waals surface area contributed by atoms with Crippen molar-refractivity contribution in [2.45, 2.75) is 6.54 Å². The van der Waals surface area contributed by atoms with Gasteiger partial charge in [0.15, 0.2) is 0 Å². The Hall–Kier alpha value is -1.97. The molecule has 1 aromatic heterocycles. The van der Waals surface area contributed by atoms with E-state index in [1.165, 1.54) is 0 Å². The molecule has 0 amide bonds. The van der Waals surface area contributed by atoms with Gasteiger partial charge >= 0.3 is 0 Å². The SMILES string of the molecule is Clc1ccc(CNc2ccccc2-n2cccn2)c(Cl)c1. The van der Waals surface area contributed by atoms with Gasteiger partial charge in [0.25, 0.3) is 0 Å². The lowest BCUT2D eigenvalue weighted by Crippen LogP contribution is -2.05. The van der Waals surface area contributed by atoms with Gasteiger partial charge in [0.2, 0.25) is 0 Å². The first-order valence-electron chi connectivity index (χ1n) is 6.51. The number of nitrogens with one attached hydrogen (secondary N) is 1. The van der Waals surface area contributed by atoms with Crippen LogP contribution in [0.4, 0.5) is 5.69 Å². The van der Waals surface area contributed by atoms with Crippen LogP contribution in [0, 0.1) is 0 Å². The third kappa shape index (κ3) is 3.20. The minimum atomic E-state index is 0.619. The summed E-state index contributed by atoms with van der Waals surface area (Å²) in [5.74, 6) is 0. The minimum absolute atomic E-state index is 0.619. The first-order valence-corrected chi connectivity index (χ1v) is 7.26. The quantitative estimate of drug-likeness (QED) is 0.749. The van der Waals surface area contributed by atoms with Gasteiger partial charge in [-0.3, -0.25) is 0 Å². The second-order valence-corrected chi connectivity index (χ2v) is 5.40. The average Bonchev–Trinajstić information content (AvgIpc) is 3.01. The summed E-state index contributed by atoms with van der Waals surface area (Å²) in [4.78, 5) is 0. The van der Waals surface area contributed by atoms with Crippen LogP contribution >= 0.6 is 23.2 Å². The molecule has 0 spiro atoms. The number of anilines is 1. The van der Waals surface area contributed by atoms with Crippen molar-refractivity contribution in [3.05, 3.63) is 76.5 Å². The topological polar surface area (TPSA) is 29.9 Å². The molecule has 0 saturated carbocycles. The number of halogens is 2. The molecule has 21 heavy (non-hydrogen) atoms. The van der Waals surface area contributed by atoms with Gasteiger partial charge in [-0.1, -0.05) is 41.4 Å². The van der Waals surface area contributed by atoms with Crippen LogP contribution in [0.25, 0.3) is 5.69 Å². The van der Waals surface area contributed by atoms with Gasteiger partial charge in [0, 0.05) is 29.0 Å². The average molecular weight is 318 g/mol. The Morgan fingerprint density at radius 1 is 1.05 bits per heavy atom. The Morgan fingerprint density at radius 3 is 2.67 bits per heavy atom. The predicted octanol–water partition coefficient (Wildman–Crippen LogP) is 4.79. The van der Waals surface area contributed by atoms with Crippen LogP contribution in [-0.4, -0.2) is 9.78 Å². The zero-order chi connectivity index (χ0) is 14.7. The van der Waals surface area contributed by atoms with Crippen molar-refractivity contribution < 1.29 is 0 Å². The molecule has 1 heterocycles. The predicted molar refractivity (Wildman–Crippen MR) is 87.4 cm³/mol. The summed E-state index contributed by atoms with van der Waals surface area (Å²) in [6.45, 7) is 0.619. The number of hydrogen-bond acceptors (Lipinski definition) is 2. The van der Waals surface area contributed by atoms with Crippen molar-refractivity contribution in [3.63, 3.8) is 0 Å². The summed E-state index contributed by atoms with van der Waals surface area (Å²) in [7, 11) is 0. The van der Waals surface area contributed by atoms with Crippen LogP contribution in [0.2, 0.25) is 10.0 Å². The van der Waals surface area contributed by atoms with E-state index < -0.39 is 0 Å². The fraction of sp³-hybridized carbons (Fsp3) is 0.0625. The van der Waals surface area contributed by atoms with E-state index in [2.05, 4.69) is 10.4 Å². The van der Waals surface area contributed by atoms with E-state index in [-0.39, 0.29) is 0 Å². The second-order valence-electron chi connectivity index (χ2n) is 4.56. The Kier molecular flexibility index (Phi) is 4.13. The third-order valence-corrected chi connectivity index (χ3v) is 3.73. The first-order chi connectivity index (χ1) is 10.2. The number of para-hydroxylation sites is 2. The maximum atomic E-state index is 6.19. The van der Waals surface area contributed by atoms with Crippen LogP contribution in [0.5, 0.6) is 0 Å². The van der Waals surface area contributed by atoms with Gasteiger partial charge in [-0.05, 0) is 35.9 Å². The van der Waals surface area contributed by atoms with E-state index in [1.54, 1.807) is 12.3 Å². The number of benzene rings is 2. The van der Waals surface area contributed by atoms with Gasteiger partial charge in [0.05, 0.1) is 11.4 Å². The van der Waals surface area contributed by atoms with Gasteiger partial charge in [0.1, 0.15) is 0 Å². The summed E-state index contributed by atoms with van der Waals surface area (Å²) in [6, 6.07) is 15.4. The second kappa shape index (κ2) is 6.20. The number of nitrogens with zero attached hydrogens (tertiary/aromatic N) is 2. The van der Waals surface area contributed by atoms with E-state index >= 15 is 0 Å². The molecule has 2 aromatic carbocycles. The van der Waals surface area contributed by atoms with Crippen LogP contribution in [-0.2, 0) is 6.54 Å². The van der Waals surface area contributed by atoms with E-state index in [0.717, 1.165) is 16.9 Å². The Bertz CT molecular complexity index is 739. The summed E-state index contributed by atoms with van der Waals surface area (Å²) >= 11 is 12.1. The van der Waals surface area contributed by atoms with Crippen molar-refractivity contribution >= 4 is 28.9 Å². The molecule has 0 fully saturated rings. The highest BCUT2D eigenvalue weighted by Crippen LogP contribution is 2.24. The van der Waals surface area contributed by atoms with Gasteiger partial charge < -0.3 is 5.32 Å². The number of rotatable bonds is 4. The molecule has 3 aromatic rings. The number of aromatic nitrogens is 2. The smallest absolute Gasteiger partial charge is 0.0876 e. The summed E-state index contributed by atoms with van der Waals surface area (Å²) in [5, 5.41) is 8.95. The van der Waals surface area contributed by atoms with Crippen molar-refractivity contribution in [3.8, 4) is 5.69 Å². The summed E-state index contributed by atoms with van der Waals surface area (Å²) in [5.41, 5.74) is 2.98. The van der Waals surface area contributed by atoms with Crippen molar-refractivity contribution in [2.24, 2.45) is 0 Å². The normalized spacial score (nSPS) is 10.6. The van der Waals surface area contributed by atoms with Crippen LogP contribution < -0.4 is 5.32 Å². The van der Waals surface area contributed by atoms with Crippen molar-refractivity contribution in [1.29, 1.82) is 0 Å². The molecule has 0 saturated heterocycles. The van der Waals surface area contributed by atoms with Crippen molar-refractivity contribution in [1.82, 2.24) is 9.78 Å². The highest BCUT2D eigenvalue weighted by Gasteiger charge is 2.05. The highest BCUT2D eigenvalue weighted by atomic mass is 35.5. The molecule has 5 heteroatoms. The van der Waals surface area contributed by atoms with Crippen LogP contribution in [0.15, 0.2) is 60.9 Å². The first kappa shape index (κ1) is 14.0. The molecule has 0 aliphatic heterocycles. The molecule has 106 valence electrons. The lowest BCUT2D eigenvalue weighted by Gasteiger charge is -2.13. The lowest BCUT2D eigenvalue weighted by atomic mass is 10.2. The molecule has 0 atom stereocenters. The standard InChI is InChI=1S/C16H13Cl2N3/c17-13-7-6-12(14(18)10-13)11-19-15-4-1-2-5-16(15)21-9-3-8-20-21/h1-10,19H,11H2. The van der Waals surface area contributed by atoms with E-state index in [1.807, 2.05) is 53.3 Å². The third-order valence-electron chi connectivity index (χ3n) is 3.14. The summed E-state index contributed by atoms with van der Waals surface area (Å²) in [6.07, 6.45) is 3.67.